The summed E-state index contributed by atoms with van der Waals surface area (Å²) < 4.78 is 5.75. The van der Waals surface area contributed by atoms with Crippen LogP contribution in [0.2, 0.25) is 0 Å². The third kappa shape index (κ3) is 3.60. The number of amides is 1. The van der Waals surface area contributed by atoms with E-state index in [-0.39, 0.29) is 5.91 Å². The fraction of sp³-hybridized carbons (Fsp3) is 0.444. The van der Waals surface area contributed by atoms with E-state index in [4.69, 9.17) is 4.74 Å². The Morgan fingerprint density at radius 2 is 2.08 bits per heavy atom. The Labute approximate surface area is 145 Å². The number of hydrogen-bond donors (Lipinski definition) is 0. The van der Waals surface area contributed by atoms with Gasteiger partial charge in [0.15, 0.2) is 0 Å². The molecule has 5 nitrogen and oxygen atoms in total. The summed E-state index contributed by atoms with van der Waals surface area (Å²) in [5, 5.41) is 1.97. The zero-order valence-corrected chi connectivity index (χ0v) is 14.4. The largest absolute Gasteiger partial charge is 0.487 e. The van der Waals surface area contributed by atoms with Crippen LogP contribution in [0.25, 0.3) is 0 Å². The maximum absolute atomic E-state index is 12.7. The van der Waals surface area contributed by atoms with E-state index < -0.39 is 0 Å². The first-order chi connectivity index (χ1) is 11.8. The molecule has 1 aromatic carbocycles. The van der Waals surface area contributed by atoms with E-state index in [0.717, 1.165) is 37.9 Å². The molecule has 0 atom stereocenters. The zero-order valence-electron chi connectivity index (χ0n) is 13.6. The minimum absolute atomic E-state index is 0.101. The summed E-state index contributed by atoms with van der Waals surface area (Å²) in [7, 11) is 0. The maximum Gasteiger partial charge on any atom is 0.254 e. The van der Waals surface area contributed by atoms with Gasteiger partial charge in [-0.05, 0) is 31.0 Å². The summed E-state index contributed by atoms with van der Waals surface area (Å²) in [6, 6.07) is 8.25. The molecule has 2 aromatic rings. The van der Waals surface area contributed by atoms with Crippen molar-refractivity contribution in [2.24, 2.45) is 0 Å². The van der Waals surface area contributed by atoms with Crippen LogP contribution in [-0.4, -0.2) is 52.9 Å². The van der Waals surface area contributed by atoms with Crippen LogP contribution in [0.4, 0.5) is 0 Å². The van der Waals surface area contributed by atoms with E-state index in [1.807, 2.05) is 34.5 Å². The van der Waals surface area contributed by atoms with Crippen molar-refractivity contribution in [3.63, 3.8) is 0 Å². The second kappa shape index (κ2) is 6.91. The molecule has 1 amide bonds. The highest BCUT2D eigenvalue weighted by molar-refractivity contribution is 7.07. The second-order valence-electron chi connectivity index (χ2n) is 6.36. The molecule has 1 aliphatic heterocycles. The second-order valence-corrected chi connectivity index (χ2v) is 7.07. The molecular weight excluding hydrogens is 322 g/mol. The Morgan fingerprint density at radius 3 is 2.79 bits per heavy atom. The Hall–Kier alpha value is -1.92. The number of piperazine rings is 1. The zero-order chi connectivity index (χ0) is 16.4. The molecule has 0 spiro atoms. The minimum Gasteiger partial charge on any atom is -0.487 e. The van der Waals surface area contributed by atoms with Crippen LogP contribution in [-0.2, 0) is 6.61 Å². The van der Waals surface area contributed by atoms with Crippen molar-refractivity contribution in [3.05, 3.63) is 46.4 Å². The van der Waals surface area contributed by atoms with Gasteiger partial charge in [0.25, 0.3) is 5.91 Å². The summed E-state index contributed by atoms with van der Waals surface area (Å²) in [6.45, 7) is 4.06. The smallest absolute Gasteiger partial charge is 0.254 e. The lowest BCUT2D eigenvalue weighted by atomic mass is 10.1. The van der Waals surface area contributed by atoms with Gasteiger partial charge in [0.1, 0.15) is 12.4 Å². The van der Waals surface area contributed by atoms with E-state index in [0.29, 0.717) is 17.9 Å². The van der Waals surface area contributed by atoms with E-state index >= 15 is 0 Å². The number of ether oxygens (including phenoxy) is 1. The van der Waals surface area contributed by atoms with Gasteiger partial charge in [-0.1, -0.05) is 6.07 Å². The maximum atomic E-state index is 12.7. The summed E-state index contributed by atoms with van der Waals surface area (Å²) in [4.78, 5) is 21.4. The van der Waals surface area contributed by atoms with Crippen molar-refractivity contribution < 1.29 is 9.53 Å². The normalized spacial score (nSPS) is 18.6. The Morgan fingerprint density at radius 1 is 1.25 bits per heavy atom. The van der Waals surface area contributed by atoms with Crippen LogP contribution in [0.3, 0.4) is 0 Å². The van der Waals surface area contributed by atoms with Crippen molar-refractivity contribution in [3.8, 4) is 5.75 Å². The lowest BCUT2D eigenvalue weighted by Gasteiger charge is -2.34. The molecule has 6 heteroatoms. The predicted molar refractivity (Wildman–Crippen MR) is 93.4 cm³/mol. The molecule has 2 heterocycles. The van der Waals surface area contributed by atoms with Crippen LogP contribution < -0.4 is 4.74 Å². The van der Waals surface area contributed by atoms with E-state index in [2.05, 4.69) is 9.88 Å². The molecule has 1 aliphatic carbocycles. The quantitative estimate of drug-likeness (QED) is 0.837. The van der Waals surface area contributed by atoms with Gasteiger partial charge < -0.3 is 9.64 Å². The van der Waals surface area contributed by atoms with Crippen molar-refractivity contribution in [1.29, 1.82) is 0 Å². The monoisotopic (exact) mass is 343 g/mol. The van der Waals surface area contributed by atoms with Gasteiger partial charge in [-0.15, -0.1) is 11.3 Å². The molecule has 0 unspecified atom stereocenters. The van der Waals surface area contributed by atoms with Gasteiger partial charge in [-0.3, -0.25) is 9.69 Å². The molecular formula is C18H21N3O2S. The van der Waals surface area contributed by atoms with E-state index in [1.165, 1.54) is 12.8 Å². The third-order valence-electron chi connectivity index (χ3n) is 4.62. The highest BCUT2D eigenvalue weighted by atomic mass is 32.1. The number of rotatable bonds is 5. The van der Waals surface area contributed by atoms with Crippen molar-refractivity contribution >= 4 is 17.2 Å². The van der Waals surface area contributed by atoms with Gasteiger partial charge in [0.2, 0.25) is 0 Å². The molecule has 4 rings (SSSR count). The van der Waals surface area contributed by atoms with Crippen LogP contribution in [0.5, 0.6) is 5.75 Å². The van der Waals surface area contributed by atoms with Crippen molar-refractivity contribution in [2.75, 3.05) is 26.2 Å². The van der Waals surface area contributed by atoms with Crippen molar-refractivity contribution in [1.82, 2.24) is 14.8 Å². The summed E-state index contributed by atoms with van der Waals surface area (Å²) >= 11 is 1.55. The molecule has 24 heavy (non-hydrogen) atoms. The van der Waals surface area contributed by atoms with Crippen molar-refractivity contribution in [2.45, 2.75) is 25.5 Å². The van der Waals surface area contributed by atoms with E-state index in [9.17, 15) is 4.79 Å². The number of carbonyl (C=O) groups excluding carboxylic acids is 1. The minimum atomic E-state index is 0.101. The van der Waals surface area contributed by atoms with Crippen LogP contribution >= 0.6 is 11.3 Å². The first-order valence-corrected chi connectivity index (χ1v) is 9.37. The molecule has 1 saturated carbocycles. The molecule has 0 bridgehead atoms. The average Bonchev–Trinajstić information content (AvgIpc) is 3.36. The Balaban J connectivity index is 1.36. The number of hydrogen-bond acceptors (Lipinski definition) is 5. The highest BCUT2D eigenvalue weighted by Crippen LogP contribution is 2.27. The number of thiazole rings is 1. The van der Waals surface area contributed by atoms with Gasteiger partial charge in [0, 0.05) is 43.2 Å². The number of benzene rings is 1. The lowest BCUT2D eigenvalue weighted by Crippen LogP contribution is -2.49. The Kier molecular flexibility index (Phi) is 4.49. The standard InChI is InChI=1S/C18H21N3O2S/c22-18(21-8-6-20(7-9-21)16-4-5-16)14-2-1-3-17(10-14)23-11-15-12-24-13-19-15/h1-3,10,12-13,16H,4-9,11H2. The van der Waals surface area contributed by atoms with Gasteiger partial charge >= 0.3 is 0 Å². The molecule has 126 valence electrons. The number of nitrogens with zero attached hydrogens (tertiary/aromatic N) is 3. The molecule has 1 aromatic heterocycles. The average molecular weight is 343 g/mol. The number of aromatic nitrogens is 1. The molecule has 2 aliphatic rings. The van der Waals surface area contributed by atoms with Gasteiger partial charge in [-0.2, -0.15) is 0 Å². The first-order valence-electron chi connectivity index (χ1n) is 8.43. The fourth-order valence-electron chi connectivity index (χ4n) is 3.10. The number of carbonyl (C=O) groups is 1. The molecule has 0 N–H and O–H groups in total. The molecule has 0 radical (unpaired) electrons. The van der Waals surface area contributed by atoms with Crippen LogP contribution in [0.1, 0.15) is 28.9 Å². The summed E-state index contributed by atoms with van der Waals surface area (Å²) in [5.74, 6) is 0.815. The predicted octanol–water partition coefficient (Wildman–Crippen LogP) is 2.64. The summed E-state index contributed by atoms with van der Waals surface area (Å²) in [6.07, 6.45) is 2.65. The third-order valence-corrected chi connectivity index (χ3v) is 5.25. The molecule has 1 saturated heterocycles. The van der Waals surface area contributed by atoms with Crippen LogP contribution in [0, 0.1) is 0 Å². The highest BCUT2D eigenvalue weighted by Gasteiger charge is 2.32. The van der Waals surface area contributed by atoms with Crippen LogP contribution in [0.15, 0.2) is 35.2 Å². The lowest BCUT2D eigenvalue weighted by molar-refractivity contribution is 0.0627. The first kappa shape index (κ1) is 15.6. The molecule has 2 fully saturated rings. The van der Waals surface area contributed by atoms with Gasteiger partial charge in [0.05, 0.1) is 11.2 Å². The van der Waals surface area contributed by atoms with E-state index in [1.54, 1.807) is 16.8 Å². The Bertz CT molecular complexity index is 692. The van der Waals surface area contributed by atoms with Gasteiger partial charge in [-0.25, -0.2) is 4.98 Å². The SMILES string of the molecule is O=C(c1cccc(OCc2cscn2)c1)N1CCN(C2CC2)CC1. The topological polar surface area (TPSA) is 45.7 Å². The summed E-state index contributed by atoms with van der Waals surface area (Å²) in [5.41, 5.74) is 3.40. The fourth-order valence-corrected chi connectivity index (χ4v) is 3.64.